The molecule has 98 valence electrons. The number of hydrogen-bond donors (Lipinski definition) is 1. The van der Waals surface area contributed by atoms with Crippen LogP contribution in [-0.2, 0) is 14.3 Å². The molecule has 0 unspecified atom stereocenters. The number of methoxy groups -OCH3 is 1. The van der Waals surface area contributed by atoms with Crippen LogP contribution in [0.1, 0.15) is 33.6 Å². The number of ether oxygens (including phenoxy) is 2. The first-order valence-corrected chi connectivity index (χ1v) is 5.83. The third kappa shape index (κ3) is 4.73. The van der Waals surface area contributed by atoms with E-state index in [1.165, 1.54) is 7.11 Å². The number of rotatable bonds is 4. The van der Waals surface area contributed by atoms with E-state index in [1.807, 2.05) is 20.8 Å². The van der Waals surface area contributed by atoms with E-state index in [1.54, 1.807) is 0 Å². The van der Waals surface area contributed by atoms with Crippen LogP contribution in [-0.4, -0.2) is 37.2 Å². The zero-order valence-electron chi connectivity index (χ0n) is 10.9. The van der Waals surface area contributed by atoms with E-state index >= 15 is 0 Å². The van der Waals surface area contributed by atoms with Crippen molar-refractivity contribution in [1.82, 2.24) is 5.32 Å². The summed E-state index contributed by atoms with van der Waals surface area (Å²) in [6, 6.07) is 0.0515. The molecule has 5 heteroatoms. The summed E-state index contributed by atoms with van der Waals surface area (Å²) >= 11 is 0. The molecule has 0 heterocycles. The van der Waals surface area contributed by atoms with Crippen LogP contribution in [0.5, 0.6) is 0 Å². The van der Waals surface area contributed by atoms with Crippen molar-refractivity contribution in [2.75, 3.05) is 13.7 Å². The lowest BCUT2D eigenvalue weighted by Gasteiger charge is -2.35. The number of carbonyl (C=O) groups excluding carboxylic acids is 2. The molecule has 0 spiro atoms. The lowest BCUT2D eigenvalue weighted by Crippen LogP contribution is -2.48. The van der Waals surface area contributed by atoms with Gasteiger partial charge in [-0.3, -0.25) is 4.79 Å². The van der Waals surface area contributed by atoms with Gasteiger partial charge in [-0.2, -0.15) is 0 Å². The highest BCUT2D eigenvalue weighted by Crippen LogP contribution is 2.28. The highest BCUT2D eigenvalue weighted by Gasteiger charge is 2.35. The molecule has 17 heavy (non-hydrogen) atoms. The maximum atomic E-state index is 11.4. The number of alkyl carbamates (subject to hydrolysis) is 1. The third-order valence-electron chi connectivity index (χ3n) is 2.60. The summed E-state index contributed by atoms with van der Waals surface area (Å²) in [6.07, 6.45) is 0.947. The van der Waals surface area contributed by atoms with Gasteiger partial charge in [0.05, 0.1) is 0 Å². The van der Waals surface area contributed by atoms with Gasteiger partial charge in [0, 0.05) is 19.1 Å². The summed E-state index contributed by atoms with van der Waals surface area (Å²) in [5.41, 5.74) is -0.487. The lowest BCUT2D eigenvalue weighted by atomic mass is 9.78. The Labute approximate surface area is 102 Å². The van der Waals surface area contributed by atoms with Crippen molar-refractivity contribution in [3.8, 4) is 0 Å². The number of ketones is 1. The van der Waals surface area contributed by atoms with Crippen LogP contribution < -0.4 is 5.32 Å². The van der Waals surface area contributed by atoms with E-state index in [0.717, 1.165) is 0 Å². The molecule has 0 bridgehead atoms. The minimum Gasteiger partial charge on any atom is -0.444 e. The fourth-order valence-electron chi connectivity index (χ4n) is 1.73. The van der Waals surface area contributed by atoms with Gasteiger partial charge in [-0.25, -0.2) is 4.79 Å². The second-order valence-corrected chi connectivity index (χ2v) is 5.41. The van der Waals surface area contributed by atoms with E-state index in [4.69, 9.17) is 9.47 Å². The SMILES string of the molecule is COCC(=O)C1CC(NC(=O)OC(C)(C)C)C1. The highest BCUT2D eigenvalue weighted by molar-refractivity contribution is 5.83. The predicted molar refractivity (Wildman–Crippen MR) is 62.8 cm³/mol. The molecule has 5 nitrogen and oxygen atoms in total. The molecule has 0 saturated heterocycles. The van der Waals surface area contributed by atoms with Gasteiger partial charge in [0.15, 0.2) is 5.78 Å². The molecule has 0 aromatic rings. The van der Waals surface area contributed by atoms with Crippen LogP contribution in [0.4, 0.5) is 4.79 Å². The Morgan fingerprint density at radius 1 is 1.29 bits per heavy atom. The van der Waals surface area contributed by atoms with Crippen molar-refractivity contribution in [2.45, 2.75) is 45.3 Å². The Morgan fingerprint density at radius 2 is 1.88 bits per heavy atom. The zero-order valence-corrected chi connectivity index (χ0v) is 10.9. The van der Waals surface area contributed by atoms with E-state index in [2.05, 4.69) is 5.32 Å². The first-order chi connectivity index (χ1) is 7.81. The molecule has 1 fully saturated rings. The topological polar surface area (TPSA) is 64.6 Å². The first-order valence-electron chi connectivity index (χ1n) is 5.83. The van der Waals surface area contributed by atoms with E-state index in [-0.39, 0.29) is 24.3 Å². The Bertz CT molecular complexity index is 289. The van der Waals surface area contributed by atoms with Crippen molar-refractivity contribution in [1.29, 1.82) is 0 Å². The average Bonchev–Trinajstić information content (AvgIpc) is 2.07. The molecule has 1 N–H and O–H groups in total. The van der Waals surface area contributed by atoms with E-state index in [0.29, 0.717) is 12.8 Å². The second kappa shape index (κ2) is 5.49. The fourth-order valence-corrected chi connectivity index (χ4v) is 1.73. The maximum Gasteiger partial charge on any atom is 0.407 e. The normalized spacial score (nSPS) is 23.8. The molecule has 0 radical (unpaired) electrons. The minimum atomic E-state index is -0.487. The van der Waals surface area contributed by atoms with Gasteiger partial charge in [0.25, 0.3) is 0 Å². The minimum absolute atomic E-state index is 0.0230. The predicted octanol–water partition coefficient (Wildman–Crippen LogP) is 1.51. The number of Topliss-reactive ketones (excluding diaryl/α,β-unsaturated/α-hetero) is 1. The third-order valence-corrected chi connectivity index (χ3v) is 2.60. The van der Waals surface area contributed by atoms with E-state index < -0.39 is 11.7 Å². The number of carbonyl (C=O) groups is 2. The monoisotopic (exact) mass is 243 g/mol. The summed E-state index contributed by atoms with van der Waals surface area (Å²) in [6.45, 7) is 5.61. The standard InChI is InChI=1S/C12H21NO4/c1-12(2,3)17-11(15)13-9-5-8(6-9)10(14)7-16-4/h8-9H,5-7H2,1-4H3,(H,13,15). The van der Waals surface area contributed by atoms with Gasteiger partial charge in [0.1, 0.15) is 12.2 Å². The first kappa shape index (κ1) is 14.0. The summed E-state index contributed by atoms with van der Waals surface area (Å²) in [7, 11) is 1.51. The summed E-state index contributed by atoms with van der Waals surface area (Å²) in [5.74, 6) is 0.129. The number of hydrogen-bond acceptors (Lipinski definition) is 4. The molecule has 1 aliphatic carbocycles. The van der Waals surface area contributed by atoms with Gasteiger partial charge in [0.2, 0.25) is 0 Å². The van der Waals surface area contributed by atoms with Crippen LogP contribution in [0.2, 0.25) is 0 Å². The van der Waals surface area contributed by atoms with E-state index in [9.17, 15) is 9.59 Å². The zero-order chi connectivity index (χ0) is 13.1. The highest BCUT2D eigenvalue weighted by atomic mass is 16.6. The van der Waals surface area contributed by atoms with Crippen molar-refractivity contribution in [3.63, 3.8) is 0 Å². The molecular weight excluding hydrogens is 222 g/mol. The Hall–Kier alpha value is -1.10. The Morgan fingerprint density at radius 3 is 2.35 bits per heavy atom. The van der Waals surface area contributed by atoms with Gasteiger partial charge in [-0.05, 0) is 33.6 Å². The Balaban J connectivity index is 2.21. The Kier molecular flexibility index (Phi) is 4.51. The van der Waals surface area contributed by atoms with Crippen molar-refractivity contribution < 1.29 is 19.1 Å². The summed E-state index contributed by atoms with van der Waals surface area (Å²) in [5, 5.41) is 2.75. The van der Waals surface area contributed by atoms with Crippen LogP contribution in [0.25, 0.3) is 0 Å². The largest absolute Gasteiger partial charge is 0.444 e. The number of amides is 1. The van der Waals surface area contributed by atoms with Crippen LogP contribution >= 0.6 is 0 Å². The smallest absolute Gasteiger partial charge is 0.407 e. The lowest BCUT2D eigenvalue weighted by molar-refractivity contribution is -0.129. The van der Waals surface area contributed by atoms with Gasteiger partial charge in [-0.1, -0.05) is 0 Å². The molecule has 1 aliphatic rings. The van der Waals surface area contributed by atoms with Gasteiger partial charge < -0.3 is 14.8 Å². The number of nitrogens with one attached hydrogen (secondary N) is 1. The van der Waals surface area contributed by atoms with Crippen molar-refractivity contribution in [2.24, 2.45) is 5.92 Å². The fraction of sp³-hybridized carbons (Fsp3) is 0.833. The second-order valence-electron chi connectivity index (χ2n) is 5.41. The molecule has 0 aromatic carbocycles. The van der Waals surface area contributed by atoms with Crippen molar-refractivity contribution >= 4 is 11.9 Å². The maximum absolute atomic E-state index is 11.4. The molecule has 0 aromatic heterocycles. The van der Waals surface area contributed by atoms with Gasteiger partial charge in [-0.15, -0.1) is 0 Å². The molecule has 0 aliphatic heterocycles. The molecule has 1 rings (SSSR count). The van der Waals surface area contributed by atoms with Gasteiger partial charge >= 0.3 is 6.09 Å². The summed E-state index contributed by atoms with van der Waals surface area (Å²) in [4.78, 5) is 22.8. The van der Waals surface area contributed by atoms with Crippen LogP contribution in [0, 0.1) is 5.92 Å². The summed E-state index contributed by atoms with van der Waals surface area (Å²) < 4.78 is 9.91. The quantitative estimate of drug-likeness (QED) is 0.812. The molecule has 0 atom stereocenters. The van der Waals surface area contributed by atoms with Crippen LogP contribution in [0.15, 0.2) is 0 Å². The molecular formula is C12H21NO4. The van der Waals surface area contributed by atoms with Crippen LogP contribution in [0.3, 0.4) is 0 Å². The van der Waals surface area contributed by atoms with Crippen molar-refractivity contribution in [3.05, 3.63) is 0 Å². The average molecular weight is 243 g/mol. The molecule has 1 saturated carbocycles. The molecule has 1 amide bonds.